The van der Waals surface area contributed by atoms with Crippen molar-refractivity contribution in [3.63, 3.8) is 0 Å². The number of pyridine rings is 3. The van der Waals surface area contributed by atoms with Gasteiger partial charge in [0.25, 0.3) is 5.56 Å². The van der Waals surface area contributed by atoms with E-state index in [0.29, 0.717) is 18.1 Å². The Labute approximate surface area is 381 Å². The van der Waals surface area contributed by atoms with Gasteiger partial charge >= 0.3 is 11.9 Å². The first-order valence-electron chi connectivity index (χ1n) is 21.5. The average molecular weight is 881 g/mol. The average Bonchev–Trinajstić information content (AvgIpc) is 4.05. The molecule has 0 saturated carbocycles. The van der Waals surface area contributed by atoms with Crippen LogP contribution in [0.1, 0.15) is 31.8 Å². The largest absolute Gasteiger partial charge is 0.480 e. The summed E-state index contributed by atoms with van der Waals surface area (Å²) in [6, 6.07) is 50.0. The summed E-state index contributed by atoms with van der Waals surface area (Å²) in [5.74, 6) is -2.05. The van der Waals surface area contributed by atoms with Crippen LogP contribution in [0, 0.1) is 0 Å². The number of carbonyl (C=O) groups excluding carboxylic acids is 1. The van der Waals surface area contributed by atoms with E-state index in [0.717, 1.165) is 61.4 Å². The molecule has 0 radical (unpaired) electrons. The van der Waals surface area contributed by atoms with Gasteiger partial charge in [0.05, 0.1) is 33.3 Å². The molecule has 67 heavy (non-hydrogen) atoms. The smallest absolute Gasteiger partial charge is 0.336 e. The molecule has 0 unspecified atom stereocenters. The summed E-state index contributed by atoms with van der Waals surface area (Å²) < 4.78 is 4.20. The van der Waals surface area contributed by atoms with Gasteiger partial charge in [0.2, 0.25) is 0 Å². The molecule has 1 atom stereocenters. The summed E-state index contributed by atoms with van der Waals surface area (Å²) in [5.41, 5.74) is 16.8. The molecule has 6 aromatic carbocycles. The molecule has 13 rings (SSSR count). The summed E-state index contributed by atoms with van der Waals surface area (Å²) in [4.78, 5) is 56.5. The fourth-order valence-corrected chi connectivity index (χ4v) is 9.16. The highest BCUT2D eigenvalue weighted by Gasteiger charge is 2.22. The quantitative estimate of drug-likeness (QED) is 0.0964. The monoisotopic (exact) mass is 880 g/mol. The molecule has 0 aliphatic carbocycles. The van der Waals surface area contributed by atoms with E-state index >= 15 is 0 Å². The summed E-state index contributed by atoms with van der Waals surface area (Å²) in [7, 11) is 0. The predicted octanol–water partition coefficient (Wildman–Crippen LogP) is 10.1. The highest BCUT2D eigenvalue weighted by Crippen LogP contribution is 2.40. The van der Waals surface area contributed by atoms with Crippen LogP contribution < -0.4 is 11.3 Å². The van der Waals surface area contributed by atoms with Gasteiger partial charge in [-0.2, -0.15) is 0 Å². The number of fused-ring (bicyclic) bond motifs is 11. The Morgan fingerprint density at radius 3 is 1.99 bits per heavy atom. The number of nitrogens with zero attached hydrogens (tertiary/aromatic N) is 4. The highest BCUT2D eigenvalue weighted by molar-refractivity contribution is 6.18. The number of rotatable bonds is 5. The SMILES string of the molecule is N[C@@H](Cc1c[nH]c2ccccc12)C(=O)O.O=Cc1ccccc1C(=O)O.O=c1c2ccccc2c2nccc3c4ccccc4n1c32.c1ccc2c(c1)Cn1c3ccccc3c3ccnc-2c31. The van der Waals surface area contributed by atoms with Gasteiger partial charge in [0, 0.05) is 91.4 Å². The first-order valence-corrected chi connectivity index (χ1v) is 21.5. The van der Waals surface area contributed by atoms with Gasteiger partial charge in [0.15, 0.2) is 6.29 Å². The molecule has 0 saturated heterocycles. The normalized spacial score (nSPS) is 12.0. The van der Waals surface area contributed by atoms with Crippen LogP contribution in [-0.4, -0.2) is 58.4 Å². The lowest BCUT2D eigenvalue weighted by Crippen LogP contribution is -2.32. The Balaban J connectivity index is 0.000000108. The van der Waals surface area contributed by atoms with E-state index in [1.807, 2.05) is 91.4 Å². The zero-order chi connectivity index (χ0) is 46.2. The molecule has 7 heterocycles. The Kier molecular flexibility index (Phi) is 11.0. The Morgan fingerprint density at radius 2 is 1.25 bits per heavy atom. The summed E-state index contributed by atoms with van der Waals surface area (Å²) in [6.07, 6.45) is 6.44. The van der Waals surface area contributed by atoms with Crippen LogP contribution in [0.3, 0.4) is 0 Å². The Morgan fingerprint density at radius 1 is 0.657 bits per heavy atom. The third-order valence-electron chi connectivity index (χ3n) is 12.2. The molecule has 12 heteroatoms. The number of nitrogens with one attached hydrogen (secondary N) is 1. The van der Waals surface area contributed by atoms with E-state index in [9.17, 15) is 19.2 Å². The van der Waals surface area contributed by atoms with Crippen molar-refractivity contribution in [2.24, 2.45) is 5.73 Å². The van der Waals surface area contributed by atoms with E-state index in [1.165, 1.54) is 45.1 Å². The zero-order valence-corrected chi connectivity index (χ0v) is 35.7. The highest BCUT2D eigenvalue weighted by atomic mass is 16.4. The van der Waals surface area contributed by atoms with Crippen molar-refractivity contribution in [2.75, 3.05) is 0 Å². The number of H-pyrrole nitrogens is 1. The molecule has 12 nitrogen and oxygen atoms in total. The minimum atomic E-state index is -1.08. The zero-order valence-electron chi connectivity index (χ0n) is 35.7. The number of aldehydes is 1. The number of para-hydroxylation sites is 3. The van der Waals surface area contributed by atoms with Crippen molar-refractivity contribution in [3.05, 3.63) is 209 Å². The van der Waals surface area contributed by atoms with Crippen LogP contribution in [0.15, 0.2) is 181 Å². The van der Waals surface area contributed by atoms with Gasteiger partial charge in [-0.3, -0.25) is 28.8 Å². The van der Waals surface area contributed by atoms with Gasteiger partial charge < -0.3 is 25.5 Å². The maximum Gasteiger partial charge on any atom is 0.336 e. The topological polar surface area (TPSA) is 186 Å². The fraction of sp³-hybridized carbons (Fsp3) is 0.0545. The molecular formula is C55H40N6O6. The van der Waals surface area contributed by atoms with Crippen molar-refractivity contribution >= 4 is 89.0 Å². The first kappa shape index (κ1) is 42.0. The second kappa shape index (κ2) is 17.5. The van der Waals surface area contributed by atoms with Gasteiger partial charge in [-0.05, 0) is 53.6 Å². The number of benzene rings is 6. The molecule has 0 fully saturated rings. The maximum atomic E-state index is 12.9. The van der Waals surface area contributed by atoms with E-state index in [-0.39, 0.29) is 16.7 Å². The van der Waals surface area contributed by atoms with Crippen molar-refractivity contribution < 1.29 is 24.6 Å². The van der Waals surface area contributed by atoms with Gasteiger partial charge in [-0.15, -0.1) is 0 Å². The third kappa shape index (κ3) is 7.46. The lowest BCUT2D eigenvalue weighted by Gasteiger charge is -2.19. The molecule has 0 amide bonds. The molecule has 5 N–H and O–H groups in total. The standard InChI is InChI=1S/C18H10N2O.C18H12N2.C11H12N2O2.C8H6O3/c21-18-14-7-2-1-6-12(14)16-17-13(9-10-19-16)11-5-3-4-8-15(11)20(17)18;1-2-6-13-12(5-1)11-20-16-8-4-3-7-14(16)15-9-10-19-17(13)18(15)20;12-9(11(14)15)5-7-6-13-10-4-2-1-3-8(7)10;9-5-6-3-1-2-4-7(6)8(10)11/h1-10H;1-10H,11H2;1-4,6,9,13H,5,12H2,(H,14,15);1-5H,(H,10,11)/t;;9-;/m..0./s1. The number of carboxylic acid groups (broad SMARTS) is 2. The van der Waals surface area contributed by atoms with Crippen LogP contribution >= 0.6 is 0 Å². The van der Waals surface area contributed by atoms with Crippen LogP contribution in [0.4, 0.5) is 0 Å². The van der Waals surface area contributed by atoms with Crippen LogP contribution in [0.5, 0.6) is 0 Å². The second-order valence-corrected chi connectivity index (χ2v) is 16.1. The fourth-order valence-electron chi connectivity index (χ4n) is 9.16. The summed E-state index contributed by atoms with van der Waals surface area (Å²) in [6.45, 7) is 0.929. The third-order valence-corrected chi connectivity index (χ3v) is 12.2. The minimum Gasteiger partial charge on any atom is -0.480 e. The number of aromatic nitrogens is 5. The van der Waals surface area contributed by atoms with Crippen molar-refractivity contribution in [2.45, 2.75) is 19.0 Å². The molecule has 1 aliphatic heterocycles. The predicted molar refractivity (Wildman–Crippen MR) is 263 cm³/mol. The molecular weight excluding hydrogens is 841 g/mol. The van der Waals surface area contributed by atoms with Crippen molar-refractivity contribution in [1.29, 1.82) is 0 Å². The number of carbonyl (C=O) groups is 3. The second-order valence-electron chi connectivity index (χ2n) is 16.1. The van der Waals surface area contributed by atoms with Crippen LogP contribution in [0.25, 0.3) is 82.1 Å². The van der Waals surface area contributed by atoms with Crippen molar-refractivity contribution in [3.8, 4) is 11.3 Å². The molecule has 326 valence electrons. The molecule has 0 spiro atoms. The first-order chi connectivity index (χ1) is 32.7. The Hall–Kier alpha value is -9.00. The van der Waals surface area contributed by atoms with E-state index in [2.05, 4.69) is 80.2 Å². The molecule has 12 aromatic rings. The van der Waals surface area contributed by atoms with Gasteiger partial charge in [-0.1, -0.05) is 115 Å². The number of aromatic carboxylic acids is 1. The van der Waals surface area contributed by atoms with Crippen molar-refractivity contribution in [1.82, 2.24) is 23.9 Å². The number of hydrogen-bond donors (Lipinski definition) is 4. The minimum absolute atomic E-state index is 0.0253. The van der Waals surface area contributed by atoms with Gasteiger partial charge in [0.1, 0.15) is 6.04 Å². The maximum absolute atomic E-state index is 12.9. The Bertz CT molecular complexity index is 3930. The molecule has 1 aliphatic rings. The molecule has 6 aromatic heterocycles. The number of aliphatic carboxylic acids is 1. The number of hydrogen-bond acceptors (Lipinski definition) is 7. The lowest BCUT2D eigenvalue weighted by atomic mass is 9.99. The van der Waals surface area contributed by atoms with Crippen LogP contribution in [0.2, 0.25) is 0 Å². The van der Waals surface area contributed by atoms with E-state index < -0.39 is 18.0 Å². The molecule has 0 bridgehead atoms. The summed E-state index contributed by atoms with van der Waals surface area (Å²) >= 11 is 0. The number of aromatic amines is 1. The summed E-state index contributed by atoms with van der Waals surface area (Å²) in [5, 5.41) is 24.7. The van der Waals surface area contributed by atoms with E-state index in [1.54, 1.807) is 16.5 Å². The van der Waals surface area contributed by atoms with Gasteiger partial charge in [-0.25, -0.2) is 4.79 Å². The number of carboxylic acids is 2. The lowest BCUT2D eigenvalue weighted by molar-refractivity contribution is -0.138. The van der Waals surface area contributed by atoms with Crippen LogP contribution in [-0.2, 0) is 17.8 Å². The number of nitrogens with two attached hydrogens (primary N) is 1. The van der Waals surface area contributed by atoms with E-state index in [4.69, 9.17) is 15.9 Å².